The number of ether oxygens (including phenoxy) is 1. The number of rotatable bonds is 8. The maximum atomic E-state index is 16.8. The first-order valence-corrected chi connectivity index (χ1v) is 17.6. The number of halogens is 5. The van der Waals surface area contributed by atoms with Crippen LogP contribution >= 0.6 is 0 Å². The number of aryl methyl sites for hydroxylation is 1. The maximum absolute atomic E-state index is 16.8. The van der Waals surface area contributed by atoms with Gasteiger partial charge in [-0.25, -0.2) is 21.6 Å². The number of alkyl halides is 3. The molecule has 0 saturated carbocycles. The molecule has 0 amide bonds. The number of nitrogens with zero attached hydrogens (tertiary/aromatic N) is 5. The summed E-state index contributed by atoms with van der Waals surface area (Å²) in [6.07, 6.45) is 2.63. The van der Waals surface area contributed by atoms with E-state index in [1.54, 1.807) is 6.92 Å². The predicted molar refractivity (Wildman–Crippen MR) is 170 cm³/mol. The number of pyridine rings is 1. The van der Waals surface area contributed by atoms with Gasteiger partial charge in [0.25, 0.3) is 0 Å². The van der Waals surface area contributed by atoms with Gasteiger partial charge in [0.05, 0.1) is 16.2 Å². The quantitative estimate of drug-likeness (QED) is 0.224. The van der Waals surface area contributed by atoms with Crippen LogP contribution in [0.25, 0.3) is 32.9 Å². The van der Waals surface area contributed by atoms with Gasteiger partial charge in [-0.15, -0.1) is 0 Å². The third-order valence-electron chi connectivity index (χ3n) is 10.0. The molecular weight excluding hydrogens is 657 g/mol. The highest BCUT2D eigenvalue weighted by atomic mass is 32.2. The number of phenols is 1. The van der Waals surface area contributed by atoms with Gasteiger partial charge in [-0.2, -0.15) is 18.7 Å². The van der Waals surface area contributed by atoms with Crippen LogP contribution in [-0.2, 0) is 16.3 Å². The van der Waals surface area contributed by atoms with E-state index in [0.29, 0.717) is 29.3 Å². The maximum Gasteiger partial charge on any atom is 0.337 e. The summed E-state index contributed by atoms with van der Waals surface area (Å²) in [6.45, 7) is 2.69. The molecule has 2 aromatic carbocycles. The third-order valence-corrected chi connectivity index (χ3v) is 11.8. The fourth-order valence-electron chi connectivity index (χ4n) is 7.74. The van der Waals surface area contributed by atoms with E-state index >= 15 is 4.39 Å². The van der Waals surface area contributed by atoms with Gasteiger partial charge in [0.2, 0.25) is 9.84 Å². The highest BCUT2D eigenvalue weighted by molar-refractivity contribution is 7.92. The zero-order chi connectivity index (χ0) is 34.0. The van der Waals surface area contributed by atoms with E-state index in [9.17, 15) is 31.1 Å². The molecule has 1 N–H and O–H groups in total. The van der Waals surface area contributed by atoms with Crippen LogP contribution in [0.2, 0.25) is 0 Å². The number of hydrogen-bond acceptors (Lipinski definition) is 9. The first-order valence-electron chi connectivity index (χ1n) is 16.0. The largest absolute Gasteiger partial charge is 0.508 e. The molecule has 48 heavy (non-hydrogen) atoms. The Morgan fingerprint density at radius 1 is 1.12 bits per heavy atom. The van der Waals surface area contributed by atoms with Crippen molar-refractivity contribution in [3.63, 3.8) is 0 Å². The van der Waals surface area contributed by atoms with Gasteiger partial charge in [-0.1, -0.05) is 13.0 Å². The van der Waals surface area contributed by atoms with Crippen LogP contribution in [0.3, 0.4) is 0 Å². The molecule has 5 heterocycles. The molecule has 7 rings (SSSR count). The number of hydrogen-bond donors (Lipinski definition) is 1. The summed E-state index contributed by atoms with van der Waals surface area (Å²) in [6, 6.07) is 5.24. The molecule has 0 bridgehead atoms. The molecule has 2 aromatic heterocycles. The van der Waals surface area contributed by atoms with E-state index in [-0.39, 0.29) is 91.7 Å². The number of anilines is 1. The van der Waals surface area contributed by atoms with Gasteiger partial charge in [0.15, 0.2) is 5.82 Å². The zero-order valence-corrected chi connectivity index (χ0v) is 26.9. The van der Waals surface area contributed by atoms with E-state index in [0.717, 1.165) is 6.42 Å². The summed E-state index contributed by atoms with van der Waals surface area (Å²) >= 11 is 0. The van der Waals surface area contributed by atoms with Gasteiger partial charge in [0.1, 0.15) is 41.4 Å². The van der Waals surface area contributed by atoms with E-state index in [4.69, 9.17) is 4.74 Å². The minimum absolute atomic E-state index is 0.0238. The normalized spacial score (nSPS) is 23.4. The Kier molecular flexibility index (Phi) is 8.33. The first kappa shape index (κ1) is 32.7. The smallest absolute Gasteiger partial charge is 0.337 e. The number of fused-ring (bicyclic) bond motifs is 3. The summed E-state index contributed by atoms with van der Waals surface area (Å²) < 4.78 is 104. The summed E-state index contributed by atoms with van der Waals surface area (Å²) in [5.41, 5.74) is -0.625. The van der Waals surface area contributed by atoms with Crippen molar-refractivity contribution in [1.82, 2.24) is 19.9 Å². The first-order chi connectivity index (χ1) is 22.9. The van der Waals surface area contributed by atoms with E-state index in [1.807, 2.05) is 4.90 Å². The van der Waals surface area contributed by atoms with Crippen LogP contribution in [0.5, 0.6) is 11.8 Å². The van der Waals surface area contributed by atoms with Crippen molar-refractivity contribution in [3.05, 3.63) is 47.7 Å². The van der Waals surface area contributed by atoms with Crippen molar-refractivity contribution in [2.75, 3.05) is 37.7 Å². The van der Waals surface area contributed by atoms with Gasteiger partial charge in [-0.05, 0) is 73.2 Å². The SMILES string of the molecule is CCc1c(F)ccc2cc(O)cc(-c3ncc4c(N5CCCC(S(=O)(=O)C(F)F)C5)nc(OC[C@@]56CCCN5C[C@H](F)C6)nc4c3F)c12. The van der Waals surface area contributed by atoms with E-state index in [1.165, 1.54) is 35.4 Å². The highest BCUT2D eigenvalue weighted by Crippen LogP contribution is 2.42. The fraction of sp³-hybridized carbons (Fsp3) is 0.485. The van der Waals surface area contributed by atoms with Crippen molar-refractivity contribution in [1.29, 1.82) is 0 Å². The lowest BCUT2D eigenvalue weighted by Crippen LogP contribution is -2.44. The van der Waals surface area contributed by atoms with E-state index < -0.39 is 44.2 Å². The van der Waals surface area contributed by atoms with Crippen LogP contribution in [0, 0.1) is 11.6 Å². The Bertz CT molecular complexity index is 2020. The molecule has 256 valence electrons. The molecule has 0 aliphatic carbocycles. The molecule has 3 atom stereocenters. The Morgan fingerprint density at radius 3 is 2.71 bits per heavy atom. The Labute approximate surface area is 273 Å². The molecule has 3 aliphatic heterocycles. The number of phenolic OH excluding ortho intramolecular Hbond substituents is 1. The molecule has 15 heteroatoms. The van der Waals surface area contributed by atoms with Crippen LogP contribution in [0.15, 0.2) is 30.5 Å². The summed E-state index contributed by atoms with van der Waals surface area (Å²) in [5, 5.41) is 10.1. The molecule has 9 nitrogen and oxygen atoms in total. The number of aromatic hydroxyl groups is 1. The topological polar surface area (TPSA) is 109 Å². The minimum Gasteiger partial charge on any atom is -0.508 e. The predicted octanol–water partition coefficient (Wildman–Crippen LogP) is 5.95. The van der Waals surface area contributed by atoms with Gasteiger partial charge < -0.3 is 14.7 Å². The average Bonchev–Trinajstić information content (AvgIpc) is 3.59. The van der Waals surface area contributed by atoms with Crippen molar-refractivity contribution in [2.24, 2.45) is 0 Å². The summed E-state index contributed by atoms with van der Waals surface area (Å²) in [4.78, 5) is 16.8. The van der Waals surface area contributed by atoms with Gasteiger partial charge >= 0.3 is 11.8 Å². The Hall–Kier alpha value is -3.85. The molecule has 0 radical (unpaired) electrons. The molecule has 3 aliphatic rings. The van der Waals surface area contributed by atoms with Crippen molar-refractivity contribution in [2.45, 2.75) is 68.2 Å². The third kappa shape index (κ3) is 5.48. The molecular formula is C33H34F5N5O4S. The van der Waals surface area contributed by atoms with Crippen molar-refractivity contribution in [3.8, 4) is 23.0 Å². The second-order valence-electron chi connectivity index (χ2n) is 12.9. The summed E-state index contributed by atoms with van der Waals surface area (Å²) in [7, 11) is -4.76. The Balaban J connectivity index is 1.37. The lowest BCUT2D eigenvalue weighted by atomic mass is 9.94. The van der Waals surface area contributed by atoms with Gasteiger partial charge in [-0.3, -0.25) is 9.88 Å². The van der Waals surface area contributed by atoms with Crippen LogP contribution in [-0.4, -0.2) is 88.9 Å². The number of piperidine rings is 1. The summed E-state index contributed by atoms with van der Waals surface area (Å²) in [5.74, 6) is -5.13. The molecule has 4 aromatic rings. The minimum atomic E-state index is -4.76. The van der Waals surface area contributed by atoms with Crippen molar-refractivity contribution >= 4 is 37.3 Å². The average molecular weight is 692 g/mol. The number of aromatic nitrogens is 3. The van der Waals surface area contributed by atoms with Crippen LogP contribution in [0.4, 0.5) is 27.8 Å². The zero-order valence-electron chi connectivity index (χ0n) is 26.1. The number of sulfone groups is 1. The fourth-order valence-corrected chi connectivity index (χ4v) is 8.91. The molecule has 0 spiro atoms. The monoisotopic (exact) mass is 691 g/mol. The van der Waals surface area contributed by atoms with Gasteiger partial charge in [0, 0.05) is 37.8 Å². The molecule has 3 saturated heterocycles. The van der Waals surface area contributed by atoms with Crippen molar-refractivity contribution < 1.29 is 40.2 Å². The molecule has 1 unspecified atom stereocenters. The lowest BCUT2D eigenvalue weighted by Gasteiger charge is -2.34. The van der Waals surface area contributed by atoms with E-state index in [2.05, 4.69) is 15.0 Å². The standard InChI is InChI=1S/C33H34F5N5O4S/c1-2-22-25(35)7-6-18-11-20(44)12-23(26(18)22)28-27(36)29-24(14-39-28)30(42-9-3-5-21(16-42)48(45,46)31(37)38)41-32(40-29)47-17-33-8-4-10-43(33)15-19(34)13-33/h6-7,11-12,14,19,21,31,44H,2-5,8-10,13,15-17H2,1H3/t19-,21?,33+/m1/s1. The molecule has 3 fully saturated rings. The second-order valence-corrected chi connectivity index (χ2v) is 15.1. The van der Waals surface area contributed by atoms with Crippen LogP contribution in [0.1, 0.15) is 44.6 Å². The highest BCUT2D eigenvalue weighted by Gasteiger charge is 2.49. The lowest BCUT2D eigenvalue weighted by molar-refractivity contribution is 0.107. The Morgan fingerprint density at radius 2 is 1.94 bits per heavy atom. The second kappa shape index (κ2) is 12.2. The van der Waals surface area contributed by atoms with Crippen LogP contribution < -0.4 is 9.64 Å². The number of benzene rings is 2.